The number of ether oxygens (including phenoxy) is 3. The van der Waals surface area contributed by atoms with Gasteiger partial charge in [0.05, 0.1) is 26.3 Å². The van der Waals surface area contributed by atoms with Crippen LogP contribution in [0, 0.1) is 10.6 Å². The summed E-state index contributed by atoms with van der Waals surface area (Å²) in [6.45, 7) is 0.769. The van der Waals surface area contributed by atoms with Crippen molar-refractivity contribution >= 4 is 12.2 Å². The molecule has 0 aliphatic carbocycles. The topological polar surface area (TPSA) is 73.3 Å². The van der Waals surface area contributed by atoms with Crippen molar-refractivity contribution in [1.82, 2.24) is 14.9 Å². The second-order valence-electron chi connectivity index (χ2n) is 7.12. The van der Waals surface area contributed by atoms with E-state index in [4.69, 9.17) is 26.4 Å². The molecule has 3 aromatic carbocycles. The molecule has 0 unspecified atom stereocenters. The number of hydrogen-bond acceptors (Lipinski definition) is 6. The van der Waals surface area contributed by atoms with Crippen LogP contribution < -0.4 is 19.6 Å². The van der Waals surface area contributed by atoms with Crippen molar-refractivity contribution in [3.05, 3.63) is 88.4 Å². The summed E-state index contributed by atoms with van der Waals surface area (Å²) >= 11 is 5.40. The highest BCUT2D eigenvalue weighted by Crippen LogP contribution is 2.30. The van der Waals surface area contributed by atoms with Crippen molar-refractivity contribution < 1.29 is 18.6 Å². The Bertz CT molecular complexity index is 1290. The van der Waals surface area contributed by atoms with E-state index in [-0.39, 0.29) is 5.82 Å². The summed E-state index contributed by atoms with van der Waals surface area (Å²) in [7, 11) is 3.20. The first kappa shape index (κ1) is 22.3. The van der Waals surface area contributed by atoms with E-state index in [0.29, 0.717) is 41.0 Å². The Hall–Kier alpha value is -3.85. The SMILES string of the molecule is COc1cc(CNn2c(-c3ccccc3OC)n[nH]c2=S)ccc1OCc1ccc(F)cc1. The van der Waals surface area contributed by atoms with Crippen molar-refractivity contribution in [2.45, 2.75) is 13.2 Å². The fourth-order valence-corrected chi connectivity index (χ4v) is 3.50. The molecule has 4 aromatic rings. The van der Waals surface area contributed by atoms with E-state index in [2.05, 4.69) is 15.6 Å². The van der Waals surface area contributed by atoms with Crippen LogP contribution in [-0.2, 0) is 13.2 Å². The van der Waals surface area contributed by atoms with E-state index in [1.54, 1.807) is 31.0 Å². The lowest BCUT2D eigenvalue weighted by molar-refractivity contribution is 0.284. The number of benzene rings is 3. The molecule has 0 aliphatic rings. The van der Waals surface area contributed by atoms with Gasteiger partial charge in [-0.3, -0.25) is 0 Å². The molecular weight excluding hydrogens is 443 g/mol. The maximum Gasteiger partial charge on any atom is 0.214 e. The van der Waals surface area contributed by atoms with Gasteiger partial charge in [0.15, 0.2) is 17.3 Å². The first-order valence-corrected chi connectivity index (χ1v) is 10.6. The van der Waals surface area contributed by atoms with Gasteiger partial charge in [0, 0.05) is 0 Å². The molecule has 4 rings (SSSR count). The Labute approximate surface area is 195 Å². The molecular formula is C24H23FN4O3S. The third kappa shape index (κ3) is 5.15. The average Bonchev–Trinajstić information content (AvgIpc) is 3.22. The molecule has 0 saturated carbocycles. The third-order valence-corrected chi connectivity index (χ3v) is 5.27. The van der Waals surface area contributed by atoms with Gasteiger partial charge < -0.3 is 19.6 Å². The van der Waals surface area contributed by atoms with Crippen molar-refractivity contribution in [2.24, 2.45) is 0 Å². The summed E-state index contributed by atoms with van der Waals surface area (Å²) in [5.41, 5.74) is 5.92. The normalized spacial score (nSPS) is 10.6. The highest BCUT2D eigenvalue weighted by atomic mass is 32.1. The number of aromatic nitrogens is 3. The van der Waals surface area contributed by atoms with Crippen LogP contribution in [0.4, 0.5) is 4.39 Å². The van der Waals surface area contributed by atoms with Gasteiger partial charge in [0.2, 0.25) is 4.77 Å². The van der Waals surface area contributed by atoms with Crippen LogP contribution in [0.1, 0.15) is 11.1 Å². The molecule has 1 aromatic heterocycles. The van der Waals surface area contributed by atoms with E-state index in [0.717, 1.165) is 16.7 Å². The molecule has 33 heavy (non-hydrogen) atoms. The molecule has 0 fully saturated rings. The number of nitrogens with one attached hydrogen (secondary N) is 2. The molecule has 170 valence electrons. The van der Waals surface area contributed by atoms with Crippen molar-refractivity contribution in [1.29, 1.82) is 0 Å². The van der Waals surface area contributed by atoms with E-state index >= 15 is 0 Å². The van der Waals surface area contributed by atoms with E-state index in [1.807, 2.05) is 42.5 Å². The van der Waals surface area contributed by atoms with Crippen molar-refractivity contribution in [3.8, 4) is 28.6 Å². The summed E-state index contributed by atoms with van der Waals surface area (Å²) in [6, 6.07) is 19.4. The second-order valence-corrected chi connectivity index (χ2v) is 7.51. The molecule has 2 N–H and O–H groups in total. The average molecular weight is 467 g/mol. The number of nitrogens with zero attached hydrogens (tertiary/aromatic N) is 2. The number of methoxy groups -OCH3 is 2. The Morgan fingerprint density at radius 2 is 1.67 bits per heavy atom. The third-order valence-electron chi connectivity index (χ3n) is 5.00. The Kier molecular flexibility index (Phi) is 6.89. The van der Waals surface area contributed by atoms with E-state index in [1.165, 1.54) is 12.1 Å². The van der Waals surface area contributed by atoms with Crippen LogP contribution in [0.2, 0.25) is 0 Å². The number of H-pyrrole nitrogens is 1. The predicted octanol–water partition coefficient (Wildman–Crippen LogP) is 5.09. The quantitative estimate of drug-likeness (QED) is 0.335. The van der Waals surface area contributed by atoms with Crippen LogP contribution in [0.15, 0.2) is 66.7 Å². The van der Waals surface area contributed by atoms with Gasteiger partial charge in [-0.2, -0.15) is 5.10 Å². The largest absolute Gasteiger partial charge is 0.496 e. The molecule has 7 nitrogen and oxygen atoms in total. The molecule has 0 amide bonds. The van der Waals surface area contributed by atoms with Gasteiger partial charge in [0.25, 0.3) is 0 Å². The van der Waals surface area contributed by atoms with Gasteiger partial charge in [-0.1, -0.05) is 30.3 Å². The molecule has 0 saturated heterocycles. The minimum atomic E-state index is -0.278. The number of rotatable bonds is 9. The van der Waals surface area contributed by atoms with Gasteiger partial charge in [-0.05, 0) is 59.7 Å². The first-order chi connectivity index (χ1) is 16.1. The molecule has 0 atom stereocenters. The number of halogens is 1. The summed E-state index contributed by atoms with van der Waals surface area (Å²) in [4.78, 5) is 0. The summed E-state index contributed by atoms with van der Waals surface area (Å²) in [5, 5.41) is 7.17. The molecule has 0 radical (unpaired) electrons. The van der Waals surface area contributed by atoms with Crippen LogP contribution in [0.3, 0.4) is 0 Å². The molecule has 1 heterocycles. The van der Waals surface area contributed by atoms with Gasteiger partial charge in [0.1, 0.15) is 18.2 Å². The van der Waals surface area contributed by atoms with Crippen molar-refractivity contribution in [2.75, 3.05) is 19.6 Å². The van der Waals surface area contributed by atoms with Crippen LogP contribution in [0.25, 0.3) is 11.4 Å². The highest BCUT2D eigenvalue weighted by molar-refractivity contribution is 7.71. The van der Waals surface area contributed by atoms with Crippen LogP contribution in [0.5, 0.6) is 17.2 Å². The van der Waals surface area contributed by atoms with E-state index in [9.17, 15) is 4.39 Å². The van der Waals surface area contributed by atoms with Gasteiger partial charge in [-0.15, -0.1) is 0 Å². The van der Waals surface area contributed by atoms with Crippen LogP contribution in [-0.4, -0.2) is 29.1 Å². The van der Waals surface area contributed by atoms with Gasteiger partial charge >= 0.3 is 0 Å². The Balaban J connectivity index is 1.49. The fourth-order valence-electron chi connectivity index (χ4n) is 3.31. The maximum atomic E-state index is 13.1. The summed E-state index contributed by atoms with van der Waals surface area (Å²) < 4.78 is 32.0. The standard InChI is InChI=1S/C24H23FN4O3S/c1-30-20-6-4-3-5-19(20)23-27-28-24(33)29(23)26-14-17-9-12-21(22(13-17)31-2)32-15-16-7-10-18(25)11-8-16/h3-13,26H,14-15H2,1-2H3,(H,28,33). The first-order valence-electron chi connectivity index (χ1n) is 10.2. The maximum absolute atomic E-state index is 13.1. The number of para-hydroxylation sites is 1. The smallest absolute Gasteiger partial charge is 0.214 e. The fraction of sp³-hybridized carbons (Fsp3) is 0.167. The predicted molar refractivity (Wildman–Crippen MR) is 126 cm³/mol. The number of hydrogen-bond donors (Lipinski definition) is 2. The second kappa shape index (κ2) is 10.2. The molecule has 0 aliphatic heterocycles. The Morgan fingerprint density at radius 1 is 0.939 bits per heavy atom. The number of aromatic amines is 1. The summed E-state index contributed by atoms with van der Waals surface area (Å²) in [6.07, 6.45) is 0. The van der Waals surface area contributed by atoms with Crippen LogP contribution >= 0.6 is 12.2 Å². The minimum absolute atomic E-state index is 0.278. The lowest BCUT2D eigenvalue weighted by Gasteiger charge is -2.14. The monoisotopic (exact) mass is 466 g/mol. The zero-order valence-corrected chi connectivity index (χ0v) is 19.0. The van der Waals surface area contributed by atoms with Gasteiger partial charge in [-0.25, -0.2) is 14.2 Å². The Morgan fingerprint density at radius 3 is 2.42 bits per heavy atom. The summed E-state index contributed by atoms with van der Waals surface area (Å²) in [5.74, 6) is 2.22. The highest BCUT2D eigenvalue weighted by Gasteiger charge is 2.14. The lowest BCUT2D eigenvalue weighted by Crippen LogP contribution is -2.16. The van der Waals surface area contributed by atoms with E-state index < -0.39 is 0 Å². The lowest BCUT2D eigenvalue weighted by atomic mass is 10.2. The molecule has 0 spiro atoms. The zero-order valence-electron chi connectivity index (χ0n) is 18.2. The molecule has 9 heteroatoms. The zero-order chi connectivity index (χ0) is 23.2. The minimum Gasteiger partial charge on any atom is -0.496 e. The molecule has 0 bridgehead atoms. The van der Waals surface area contributed by atoms with Crippen molar-refractivity contribution in [3.63, 3.8) is 0 Å².